The number of carbonyl (C=O) groups is 2. The van der Waals surface area contributed by atoms with Crippen LogP contribution in [-0.2, 0) is 4.79 Å². The van der Waals surface area contributed by atoms with Crippen molar-refractivity contribution < 1.29 is 18.7 Å². The second kappa shape index (κ2) is 8.85. The largest absolute Gasteiger partial charge is 0.496 e. The van der Waals surface area contributed by atoms with Crippen LogP contribution in [-0.4, -0.2) is 40.9 Å². The lowest BCUT2D eigenvalue weighted by molar-refractivity contribution is -0.119. The summed E-state index contributed by atoms with van der Waals surface area (Å²) in [4.78, 5) is 32.3. The van der Waals surface area contributed by atoms with Gasteiger partial charge in [-0.25, -0.2) is 9.37 Å². The van der Waals surface area contributed by atoms with Crippen LogP contribution < -0.4 is 21.1 Å². The Labute approximate surface area is 168 Å². The number of nitrogens with two attached hydrogens (primary N) is 1. The Bertz CT molecular complexity index is 913. The second-order valence-corrected chi connectivity index (χ2v) is 7.06. The molecular formula is C20H24FN5O3. The highest BCUT2D eigenvalue weighted by molar-refractivity contribution is 6.13. The summed E-state index contributed by atoms with van der Waals surface area (Å²) in [6, 6.07) is 4.04. The third-order valence-corrected chi connectivity index (χ3v) is 4.94. The molecule has 1 saturated carbocycles. The van der Waals surface area contributed by atoms with Gasteiger partial charge in [-0.3, -0.25) is 9.59 Å². The quantitative estimate of drug-likeness (QED) is 0.635. The number of nitrogens with zero attached hydrogens (tertiary/aromatic N) is 2. The first-order valence-corrected chi connectivity index (χ1v) is 9.41. The third kappa shape index (κ3) is 4.98. The average molecular weight is 401 g/mol. The highest BCUT2D eigenvalue weighted by Crippen LogP contribution is 2.25. The van der Waals surface area contributed by atoms with Crippen molar-refractivity contribution in [2.75, 3.05) is 18.2 Å². The predicted octanol–water partition coefficient (Wildman–Crippen LogP) is 2.30. The Morgan fingerprint density at radius 1 is 1.17 bits per heavy atom. The highest BCUT2D eigenvalue weighted by atomic mass is 19.1. The van der Waals surface area contributed by atoms with Crippen LogP contribution in [0.25, 0.3) is 0 Å². The number of methoxy groups -OCH3 is 1. The van der Waals surface area contributed by atoms with E-state index in [1.165, 1.54) is 32.4 Å². The van der Waals surface area contributed by atoms with Crippen LogP contribution in [0, 0.1) is 5.82 Å². The van der Waals surface area contributed by atoms with Crippen LogP contribution in [0.2, 0.25) is 0 Å². The van der Waals surface area contributed by atoms with Gasteiger partial charge >= 0.3 is 0 Å². The van der Waals surface area contributed by atoms with Crippen molar-refractivity contribution in [3.8, 4) is 5.75 Å². The lowest BCUT2D eigenvalue weighted by atomic mass is 9.91. The molecule has 0 spiro atoms. The van der Waals surface area contributed by atoms with E-state index in [9.17, 15) is 14.0 Å². The maximum absolute atomic E-state index is 13.6. The van der Waals surface area contributed by atoms with Gasteiger partial charge in [0.1, 0.15) is 17.4 Å². The number of ketones is 1. The van der Waals surface area contributed by atoms with Crippen molar-refractivity contribution in [2.45, 2.75) is 44.7 Å². The van der Waals surface area contributed by atoms with Gasteiger partial charge in [0.05, 0.1) is 18.2 Å². The number of anilines is 2. The zero-order chi connectivity index (χ0) is 21.0. The molecule has 1 heterocycles. The zero-order valence-electron chi connectivity index (χ0n) is 16.4. The van der Waals surface area contributed by atoms with Gasteiger partial charge < -0.3 is 21.1 Å². The minimum absolute atomic E-state index is 0.00532. The SMILES string of the molecule is COc1ccc(F)cc1C(=O)c1cnc(NC2CCC(NC(C)=O)CC2)nc1N. The van der Waals surface area contributed by atoms with Gasteiger partial charge in [-0.2, -0.15) is 4.98 Å². The Hall–Kier alpha value is -3.23. The summed E-state index contributed by atoms with van der Waals surface area (Å²) in [5.74, 6) is -0.511. The highest BCUT2D eigenvalue weighted by Gasteiger charge is 2.23. The number of nitrogens with one attached hydrogen (secondary N) is 2. The topological polar surface area (TPSA) is 119 Å². The molecule has 1 amide bonds. The molecule has 3 rings (SSSR count). The number of aromatic nitrogens is 2. The van der Waals surface area contributed by atoms with Crippen LogP contribution in [0.5, 0.6) is 5.75 Å². The number of halogens is 1. The summed E-state index contributed by atoms with van der Waals surface area (Å²) >= 11 is 0. The summed E-state index contributed by atoms with van der Waals surface area (Å²) in [7, 11) is 1.40. The van der Waals surface area contributed by atoms with E-state index in [1.54, 1.807) is 0 Å². The van der Waals surface area contributed by atoms with E-state index in [-0.39, 0.29) is 40.7 Å². The molecule has 1 aliphatic carbocycles. The Morgan fingerprint density at radius 3 is 2.48 bits per heavy atom. The summed E-state index contributed by atoms with van der Waals surface area (Å²) < 4.78 is 18.7. The first kappa shape index (κ1) is 20.5. The second-order valence-electron chi connectivity index (χ2n) is 7.06. The van der Waals surface area contributed by atoms with Crippen molar-refractivity contribution in [1.82, 2.24) is 15.3 Å². The fraction of sp³-hybridized carbons (Fsp3) is 0.400. The first-order chi connectivity index (χ1) is 13.9. The number of nitrogen functional groups attached to an aromatic ring is 1. The lowest BCUT2D eigenvalue weighted by Gasteiger charge is -2.29. The number of ether oxygens (including phenoxy) is 1. The molecule has 0 unspecified atom stereocenters. The number of hydrogen-bond donors (Lipinski definition) is 3. The van der Waals surface area contributed by atoms with E-state index in [1.807, 2.05) is 0 Å². The molecule has 4 N–H and O–H groups in total. The smallest absolute Gasteiger partial charge is 0.224 e. The minimum atomic E-state index is -0.554. The molecule has 9 heteroatoms. The van der Waals surface area contributed by atoms with E-state index < -0.39 is 11.6 Å². The molecule has 0 saturated heterocycles. The molecule has 1 aromatic carbocycles. The van der Waals surface area contributed by atoms with E-state index in [4.69, 9.17) is 10.5 Å². The molecule has 1 fully saturated rings. The van der Waals surface area contributed by atoms with Crippen LogP contribution in [0.4, 0.5) is 16.2 Å². The van der Waals surface area contributed by atoms with Gasteiger partial charge in [0.15, 0.2) is 0 Å². The number of hydrogen-bond acceptors (Lipinski definition) is 7. The molecule has 8 nitrogen and oxygen atoms in total. The Morgan fingerprint density at radius 2 is 1.86 bits per heavy atom. The van der Waals surface area contributed by atoms with Crippen molar-refractivity contribution in [3.63, 3.8) is 0 Å². The Kier molecular flexibility index (Phi) is 6.26. The molecule has 0 radical (unpaired) electrons. The molecule has 1 aromatic heterocycles. The minimum Gasteiger partial charge on any atom is -0.496 e. The summed E-state index contributed by atoms with van der Waals surface area (Å²) in [6.45, 7) is 1.52. The van der Waals surface area contributed by atoms with Crippen LogP contribution >= 0.6 is 0 Å². The van der Waals surface area contributed by atoms with E-state index in [0.29, 0.717) is 5.95 Å². The van der Waals surface area contributed by atoms with Gasteiger partial charge in [0.25, 0.3) is 0 Å². The molecule has 2 aromatic rings. The zero-order valence-corrected chi connectivity index (χ0v) is 16.4. The monoisotopic (exact) mass is 401 g/mol. The maximum atomic E-state index is 13.6. The van der Waals surface area contributed by atoms with Gasteiger partial charge in [0, 0.05) is 25.2 Å². The predicted molar refractivity (Wildman–Crippen MR) is 106 cm³/mol. The van der Waals surface area contributed by atoms with Crippen LogP contribution in [0.3, 0.4) is 0 Å². The number of amides is 1. The first-order valence-electron chi connectivity index (χ1n) is 9.41. The number of rotatable bonds is 6. The standard InChI is InChI=1S/C20H24FN5O3/c1-11(27)24-13-4-6-14(7-5-13)25-20-23-10-16(19(22)26-20)18(28)15-9-12(21)3-8-17(15)29-2/h3,8-10,13-14H,4-7H2,1-2H3,(H,24,27)(H3,22,23,25,26). The van der Waals surface area contributed by atoms with Crippen LogP contribution in [0.15, 0.2) is 24.4 Å². The van der Waals surface area contributed by atoms with Crippen molar-refractivity contribution in [2.24, 2.45) is 0 Å². The number of carbonyl (C=O) groups excluding carboxylic acids is 2. The summed E-state index contributed by atoms with van der Waals surface area (Å²) in [6.07, 6.45) is 4.77. The fourth-order valence-corrected chi connectivity index (χ4v) is 3.49. The molecule has 0 bridgehead atoms. The third-order valence-electron chi connectivity index (χ3n) is 4.94. The number of benzene rings is 1. The molecule has 154 valence electrons. The van der Waals surface area contributed by atoms with Gasteiger partial charge in [-0.05, 0) is 43.9 Å². The molecular weight excluding hydrogens is 377 g/mol. The van der Waals surface area contributed by atoms with E-state index >= 15 is 0 Å². The molecule has 1 aliphatic rings. The van der Waals surface area contributed by atoms with Crippen molar-refractivity contribution >= 4 is 23.5 Å². The lowest BCUT2D eigenvalue weighted by Crippen LogP contribution is -2.39. The van der Waals surface area contributed by atoms with E-state index in [2.05, 4.69) is 20.6 Å². The van der Waals surface area contributed by atoms with Crippen molar-refractivity contribution in [1.29, 1.82) is 0 Å². The summed E-state index contributed by atoms with van der Waals surface area (Å²) in [5, 5.41) is 6.15. The maximum Gasteiger partial charge on any atom is 0.224 e. The van der Waals surface area contributed by atoms with Gasteiger partial charge in [0.2, 0.25) is 17.6 Å². The summed E-state index contributed by atoms with van der Waals surface area (Å²) in [5.41, 5.74) is 6.11. The normalized spacial score (nSPS) is 18.7. The molecule has 29 heavy (non-hydrogen) atoms. The van der Waals surface area contributed by atoms with Crippen LogP contribution in [0.1, 0.15) is 48.5 Å². The van der Waals surface area contributed by atoms with Crippen molar-refractivity contribution in [3.05, 3.63) is 41.3 Å². The average Bonchev–Trinajstić information content (AvgIpc) is 2.69. The molecule has 0 atom stereocenters. The van der Waals surface area contributed by atoms with Gasteiger partial charge in [-0.15, -0.1) is 0 Å². The van der Waals surface area contributed by atoms with E-state index in [0.717, 1.165) is 31.7 Å². The molecule has 0 aliphatic heterocycles. The fourth-order valence-electron chi connectivity index (χ4n) is 3.49. The Balaban J connectivity index is 1.69. The van der Waals surface area contributed by atoms with Gasteiger partial charge in [-0.1, -0.05) is 0 Å².